The van der Waals surface area contributed by atoms with Gasteiger partial charge in [0, 0.05) is 40.0 Å². The van der Waals surface area contributed by atoms with Gasteiger partial charge >= 0.3 is 0 Å². The van der Waals surface area contributed by atoms with Gasteiger partial charge in [-0.1, -0.05) is 6.07 Å². The first-order valence-electron chi connectivity index (χ1n) is 9.21. The van der Waals surface area contributed by atoms with E-state index in [9.17, 15) is 4.39 Å². The van der Waals surface area contributed by atoms with Crippen molar-refractivity contribution in [2.45, 2.75) is 38.8 Å². The third kappa shape index (κ3) is 8.62. The first kappa shape index (κ1) is 24.6. The first-order chi connectivity index (χ1) is 12.6. The van der Waals surface area contributed by atoms with Crippen molar-refractivity contribution in [2.24, 2.45) is 4.99 Å². The van der Waals surface area contributed by atoms with Gasteiger partial charge in [0.25, 0.3) is 0 Å². The summed E-state index contributed by atoms with van der Waals surface area (Å²) in [4.78, 5) is 6.94. The van der Waals surface area contributed by atoms with Crippen LogP contribution in [0.5, 0.6) is 0 Å². The molecule has 0 radical (unpaired) electrons. The van der Waals surface area contributed by atoms with E-state index in [2.05, 4.69) is 38.1 Å². The van der Waals surface area contributed by atoms with E-state index in [0.717, 1.165) is 63.6 Å². The molecule has 0 aromatic heterocycles. The zero-order valence-electron chi connectivity index (χ0n) is 16.0. The Labute approximate surface area is 187 Å². The lowest BCUT2D eigenvalue weighted by atomic mass is 10.1. The van der Waals surface area contributed by atoms with Crippen LogP contribution in [0.4, 0.5) is 4.39 Å². The van der Waals surface area contributed by atoms with E-state index in [1.165, 1.54) is 6.07 Å². The SMILES string of the molecule is CCNC(=NCc1ccc(Br)c(F)c1)N1CCC(OCCCOC)CC1.I. The molecule has 1 fully saturated rings. The summed E-state index contributed by atoms with van der Waals surface area (Å²) in [6.45, 7) is 6.64. The van der Waals surface area contributed by atoms with Gasteiger partial charge in [-0.3, -0.25) is 0 Å². The summed E-state index contributed by atoms with van der Waals surface area (Å²) < 4.78 is 25.1. The molecule has 5 nitrogen and oxygen atoms in total. The van der Waals surface area contributed by atoms with Gasteiger partial charge in [-0.2, -0.15) is 0 Å². The van der Waals surface area contributed by atoms with Crippen molar-refractivity contribution >= 4 is 45.9 Å². The lowest BCUT2D eigenvalue weighted by Gasteiger charge is -2.34. The number of nitrogens with zero attached hydrogens (tertiary/aromatic N) is 2. The van der Waals surface area contributed by atoms with Gasteiger partial charge in [0.2, 0.25) is 0 Å². The summed E-state index contributed by atoms with van der Waals surface area (Å²) in [5.74, 6) is 0.628. The Morgan fingerprint density at radius 1 is 1.33 bits per heavy atom. The Hall–Kier alpha value is -0.450. The van der Waals surface area contributed by atoms with Crippen molar-refractivity contribution in [2.75, 3.05) is 40.0 Å². The van der Waals surface area contributed by atoms with Crippen LogP contribution in [0.15, 0.2) is 27.7 Å². The molecule has 0 atom stereocenters. The summed E-state index contributed by atoms with van der Waals surface area (Å²) in [7, 11) is 1.71. The van der Waals surface area contributed by atoms with Gasteiger partial charge < -0.3 is 19.7 Å². The molecule has 154 valence electrons. The van der Waals surface area contributed by atoms with Crippen LogP contribution in [0.1, 0.15) is 31.7 Å². The van der Waals surface area contributed by atoms with E-state index in [-0.39, 0.29) is 29.8 Å². The van der Waals surface area contributed by atoms with Gasteiger partial charge in [-0.05, 0) is 59.8 Å². The van der Waals surface area contributed by atoms with Crippen LogP contribution >= 0.6 is 39.9 Å². The summed E-state index contributed by atoms with van der Waals surface area (Å²) in [5.41, 5.74) is 0.859. The topological polar surface area (TPSA) is 46.1 Å². The van der Waals surface area contributed by atoms with Crippen molar-refractivity contribution in [3.8, 4) is 0 Å². The molecule has 27 heavy (non-hydrogen) atoms. The minimum atomic E-state index is -0.255. The number of likely N-dealkylation sites (tertiary alicyclic amines) is 1. The quantitative estimate of drug-likeness (QED) is 0.225. The van der Waals surface area contributed by atoms with E-state index in [1.807, 2.05) is 6.07 Å². The summed E-state index contributed by atoms with van der Waals surface area (Å²) in [6, 6.07) is 5.14. The Morgan fingerprint density at radius 3 is 2.70 bits per heavy atom. The number of nitrogens with one attached hydrogen (secondary N) is 1. The molecule has 1 saturated heterocycles. The molecule has 0 saturated carbocycles. The number of methoxy groups -OCH3 is 1. The van der Waals surface area contributed by atoms with Crippen LogP contribution in [-0.2, 0) is 16.0 Å². The largest absolute Gasteiger partial charge is 0.385 e. The third-order valence-corrected chi connectivity index (χ3v) is 4.96. The fourth-order valence-corrected chi connectivity index (χ4v) is 3.16. The van der Waals surface area contributed by atoms with E-state index in [4.69, 9.17) is 9.47 Å². The standard InChI is InChI=1S/C19H29BrFN3O2.HI/c1-3-22-19(23-14-15-5-6-17(20)18(21)13-15)24-9-7-16(8-10-24)26-12-4-11-25-2;/h5-6,13,16H,3-4,7-12,14H2,1-2H3,(H,22,23);1H. The molecule has 8 heteroatoms. The fourth-order valence-electron chi connectivity index (χ4n) is 2.92. The second kappa shape index (κ2) is 13.7. The first-order valence-corrected chi connectivity index (χ1v) is 10.0. The highest BCUT2D eigenvalue weighted by molar-refractivity contribution is 14.0. The molecule has 0 unspecified atom stereocenters. The smallest absolute Gasteiger partial charge is 0.194 e. The lowest BCUT2D eigenvalue weighted by molar-refractivity contribution is 0.00990. The monoisotopic (exact) mass is 557 g/mol. The van der Waals surface area contributed by atoms with Crippen molar-refractivity contribution in [3.63, 3.8) is 0 Å². The average molecular weight is 558 g/mol. The van der Waals surface area contributed by atoms with Crippen molar-refractivity contribution in [1.82, 2.24) is 10.2 Å². The van der Waals surface area contributed by atoms with Gasteiger partial charge in [0.1, 0.15) is 5.82 Å². The number of rotatable bonds is 8. The second-order valence-electron chi connectivity index (χ2n) is 6.32. The summed E-state index contributed by atoms with van der Waals surface area (Å²) in [5, 5.41) is 3.34. The van der Waals surface area contributed by atoms with Gasteiger partial charge in [0.15, 0.2) is 5.96 Å². The van der Waals surface area contributed by atoms with Crippen LogP contribution < -0.4 is 5.32 Å². The molecule has 1 aromatic rings. The summed E-state index contributed by atoms with van der Waals surface area (Å²) in [6.07, 6.45) is 3.23. The predicted octanol–water partition coefficient (Wildman–Crippen LogP) is 4.19. The minimum absolute atomic E-state index is 0. The molecule has 0 aliphatic carbocycles. The number of guanidine groups is 1. The van der Waals surface area contributed by atoms with E-state index < -0.39 is 0 Å². The number of hydrogen-bond acceptors (Lipinski definition) is 3. The number of hydrogen-bond donors (Lipinski definition) is 1. The number of piperidine rings is 1. The van der Waals surface area contributed by atoms with Crippen LogP contribution in [-0.4, -0.2) is 56.9 Å². The lowest BCUT2D eigenvalue weighted by Crippen LogP contribution is -2.47. The third-order valence-electron chi connectivity index (χ3n) is 4.32. The molecular formula is C19H30BrFIN3O2. The molecule has 1 aliphatic heterocycles. The maximum absolute atomic E-state index is 13.7. The van der Waals surface area contributed by atoms with Gasteiger partial charge in [-0.15, -0.1) is 24.0 Å². The summed E-state index contributed by atoms with van der Waals surface area (Å²) >= 11 is 3.18. The predicted molar refractivity (Wildman–Crippen MR) is 121 cm³/mol. The Morgan fingerprint density at radius 2 is 2.07 bits per heavy atom. The maximum Gasteiger partial charge on any atom is 0.194 e. The second-order valence-corrected chi connectivity index (χ2v) is 7.18. The highest BCUT2D eigenvalue weighted by atomic mass is 127. The van der Waals surface area contributed by atoms with Crippen molar-refractivity contribution in [1.29, 1.82) is 0 Å². The zero-order chi connectivity index (χ0) is 18.8. The van der Waals surface area contributed by atoms with E-state index in [0.29, 0.717) is 17.1 Å². The number of benzene rings is 1. The Kier molecular flexibility index (Phi) is 12.5. The van der Waals surface area contributed by atoms with E-state index >= 15 is 0 Å². The molecule has 2 rings (SSSR count). The number of aliphatic imine (C=N–C) groups is 1. The number of ether oxygens (including phenoxy) is 2. The number of halogens is 3. The molecule has 0 bridgehead atoms. The highest BCUT2D eigenvalue weighted by Crippen LogP contribution is 2.18. The minimum Gasteiger partial charge on any atom is -0.385 e. The van der Waals surface area contributed by atoms with Gasteiger partial charge in [0.05, 0.1) is 17.1 Å². The van der Waals surface area contributed by atoms with Crippen LogP contribution in [0.2, 0.25) is 0 Å². The average Bonchev–Trinajstić information content (AvgIpc) is 2.65. The fraction of sp³-hybridized carbons (Fsp3) is 0.632. The van der Waals surface area contributed by atoms with Gasteiger partial charge in [-0.25, -0.2) is 9.38 Å². The van der Waals surface area contributed by atoms with Crippen LogP contribution in [0.25, 0.3) is 0 Å². The molecule has 1 aliphatic rings. The molecular weight excluding hydrogens is 528 g/mol. The van der Waals surface area contributed by atoms with Crippen LogP contribution in [0.3, 0.4) is 0 Å². The zero-order valence-corrected chi connectivity index (χ0v) is 20.0. The molecule has 1 heterocycles. The van der Waals surface area contributed by atoms with E-state index in [1.54, 1.807) is 13.2 Å². The van der Waals surface area contributed by atoms with Crippen LogP contribution in [0, 0.1) is 5.82 Å². The molecule has 0 amide bonds. The van der Waals surface area contributed by atoms with Crippen molar-refractivity contribution < 1.29 is 13.9 Å². The molecule has 1 aromatic carbocycles. The molecule has 1 N–H and O–H groups in total. The molecule has 0 spiro atoms. The normalized spacial score (nSPS) is 15.6. The van der Waals surface area contributed by atoms with Crippen molar-refractivity contribution in [3.05, 3.63) is 34.1 Å². The maximum atomic E-state index is 13.7. The Balaban J connectivity index is 0.00000364. The highest BCUT2D eigenvalue weighted by Gasteiger charge is 2.21. The Bertz CT molecular complexity index is 584.